The van der Waals surface area contributed by atoms with Crippen LogP contribution < -0.4 is 0 Å². The van der Waals surface area contributed by atoms with Gasteiger partial charge in [-0.25, -0.2) is 4.98 Å². The second-order valence-electron chi connectivity index (χ2n) is 3.69. The molecule has 2 rings (SSSR count). The fourth-order valence-corrected chi connectivity index (χ4v) is 1.77. The van der Waals surface area contributed by atoms with Crippen molar-refractivity contribution in [2.24, 2.45) is 0 Å². The quantitative estimate of drug-likeness (QED) is 0.745. The van der Waals surface area contributed by atoms with Crippen LogP contribution in [0.1, 0.15) is 25.7 Å². The van der Waals surface area contributed by atoms with Crippen LogP contribution in [0.25, 0.3) is 11.0 Å². The van der Waals surface area contributed by atoms with E-state index >= 15 is 0 Å². The van der Waals surface area contributed by atoms with E-state index in [0.29, 0.717) is 12.5 Å². The summed E-state index contributed by atoms with van der Waals surface area (Å²) in [5, 5.41) is 8.73. The first-order chi connectivity index (χ1) is 7.24. The van der Waals surface area contributed by atoms with Crippen LogP contribution in [0.5, 0.6) is 0 Å². The van der Waals surface area contributed by atoms with Gasteiger partial charge in [-0.1, -0.05) is 0 Å². The molecule has 2 aromatic rings. The monoisotopic (exact) mass is 200 g/mol. The predicted octanol–water partition coefficient (Wildman–Crippen LogP) is 2.08. The van der Waals surface area contributed by atoms with Gasteiger partial charge >= 0.3 is 0 Å². The summed E-state index contributed by atoms with van der Waals surface area (Å²) in [5.74, 6) is 0.815. The van der Waals surface area contributed by atoms with Crippen LogP contribution in [0.2, 0.25) is 0 Å². The van der Waals surface area contributed by atoms with Crippen molar-refractivity contribution in [3.05, 3.63) is 24.3 Å². The highest BCUT2D eigenvalue weighted by Crippen LogP contribution is 2.20. The molecule has 0 aromatic carbocycles. The second kappa shape index (κ2) is 3.70. The van der Waals surface area contributed by atoms with E-state index in [1.807, 2.05) is 6.07 Å². The van der Waals surface area contributed by atoms with E-state index in [4.69, 9.17) is 5.26 Å². The highest BCUT2D eigenvalue weighted by atomic mass is 15.1. The Morgan fingerprint density at radius 2 is 2.33 bits per heavy atom. The van der Waals surface area contributed by atoms with E-state index in [1.54, 1.807) is 12.4 Å². The SMILES string of the molecule is CC(C)n1c(CC#N)nc2cnccc21. The Morgan fingerprint density at radius 1 is 1.53 bits per heavy atom. The first kappa shape index (κ1) is 9.66. The molecule has 0 saturated carbocycles. The van der Waals surface area contributed by atoms with E-state index in [-0.39, 0.29) is 0 Å². The third kappa shape index (κ3) is 1.57. The molecule has 4 nitrogen and oxygen atoms in total. The number of pyridine rings is 1. The van der Waals surface area contributed by atoms with Gasteiger partial charge in [0.2, 0.25) is 0 Å². The smallest absolute Gasteiger partial charge is 0.124 e. The minimum absolute atomic E-state index is 0.306. The lowest BCUT2D eigenvalue weighted by Crippen LogP contribution is -2.05. The zero-order valence-corrected chi connectivity index (χ0v) is 8.81. The summed E-state index contributed by atoms with van der Waals surface area (Å²) in [6, 6.07) is 4.38. The van der Waals surface area contributed by atoms with Crippen molar-refractivity contribution in [1.29, 1.82) is 5.26 Å². The zero-order valence-electron chi connectivity index (χ0n) is 8.81. The van der Waals surface area contributed by atoms with Crippen LogP contribution in [-0.4, -0.2) is 14.5 Å². The predicted molar refractivity (Wildman–Crippen MR) is 57.2 cm³/mol. The number of rotatable bonds is 2. The Morgan fingerprint density at radius 3 is 3.00 bits per heavy atom. The number of aromatic nitrogens is 3. The van der Waals surface area contributed by atoms with Crippen molar-refractivity contribution >= 4 is 11.0 Å². The topological polar surface area (TPSA) is 54.5 Å². The molecule has 0 radical (unpaired) electrons. The average molecular weight is 200 g/mol. The molecular formula is C11H12N4. The summed E-state index contributed by atoms with van der Waals surface area (Å²) in [6.07, 6.45) is 3.82. The van der Waals surface area contributed by atoms with Gasteiger partial charge in [-0.2, -0.15) is 5.26 Å². The molecule has 0 aliphatic carbocycles. The maximum absolute atomic E-state index is 8.73. The molecule has 2 aromatic heterocycles. The van der Waals surface area contributed by atoms with Crippen LogP contribution in [-0.2, 0) is 6.42 Å². The van der Waals surface area contributed by atoms with Crippen molar-refractivity contribution in [3.63, 3.8) is 0 Å². The molecule has 0 atom stereocenters. The zero-order chi connectivity index (χ0) is 10.8. The molecule has 4 heteroatoms. The first-order valence-corrected chi connectivity index (χ1v) is 4.92. The van der Waals surface area contributed by atoms with E-state index in [9.17, 15) is 0 Å². The summed E-state index contributed by atoms with van der Waals surface area (Å²) in [6.45, 7) is 4.17. The van der Waals surface area contributed by atoms with Gasteiger partial charge < -0.3 is 4.57 Å². The van der Waals surface area contributed by atoms with Gasteiger partial charge in [0.25, 0.3) is 0 Å². The lowest BCUT2D eigenvalue weighted by atomic mass is 10.3. The third-order valence-corrected chi connectivity index (χ3v) is 2.32. The molecule has 0 bridgehead atoms. The standard InChI is InChI=1S/C11H12N4/c1-8(2)15-10-4-6-13-7-9(10)14-11(15)3-5-12/h4,6-8H,3H2,1-2H3. The van der Waals surface area contributed by atoms with Gasteiger partial charge in [-0.05, 0) is 19.9 Å². The lowest BCUT2D eigenvalue weighted by Gasteiger charge is -2.10. The number of hydrogen-bond acceptors (Lipinski definition) is 3. The van der Waals surface area contributed by atoms with Crippen LogP contribution in [0.15, 0.2) is 18.5 Å². The van der Waals surface area contributed by atoms with E-state index in [1.165, 1.54) is 0 Å². The maximum Gasteiger partial charge on any atom is 0.124 e. The molecule has 15 heavy (non-hydrogen) atoms. The number of fused-ring (bicyclic) bond motifs is 1. The van der Waals surface area contributed by atoms with E-state index < -0.39 is 0 Å². The third-order valence-electron chi connectivity index (χ3n) is 2.32. The average Bonchev–Trinajstić information content (AvgIpc) is 2.56. The minimum atomic E-state index is 0.306. The fraction of sp³-hybridized carbons (Fsp3) is 0.364. The van der Waals surface area contributed by atoms with Gasteiger partial charge in [0.1, 0.15) is 11.3 Å². The van der Waals surface area contributed by atoms with E-state index in [0.717, 1.165) is 16.9 Å². The summed E-state index contributed by atoms with van der Waals surface area (Å²) >= 11 is 0. The Kier molecular flexibility index (Phi) is 2.38. The van der Waals surface area contributed by atoms with Crippen molar-refractivity contribution in [3.8, 4) is 6.07 Å². The Bertz CT molecular complexity index is 519. The van der Waals surface area contributed by atoms with Crippen molar-refractivity contribution < 1.29 is 0 Å². The molecule has 0 saturated heterocycles. The van der Waals surface area contributed by atoms with Crippen LogP contribution in [0.4, 0.5) is 0 Å². The number of hydrogen-bond donors (Lipinski definition) is 0. The molecule has 0 N–H and O–H groups in total. The Hall–Kier alpha value is -1.89. The van der Waals surface area contributed by atoms with Gasteiger partial charge in [-0.15, -0.1) is 0 Å². The Balaban J connectivity index is 2.70. The molecule has 0 spiro atoms. The van der Waals surface area contributed by atoms with E-state index in [2.05, 4.69) is 34.5 Å². The van der Waals surface area contributed by atoms with Gasteiger partial charge in [-0.3, -0.25) is 4.98 Å². The first-order valence-electron chi connectivity index (χ1n) is 4.92. The molecule has 0 aliphatic rings. The summed E-state index contributed by atoms with van der Waals surface area (Å²) in [5.41, 5.74) is 1.90. The van der Waals surface area contributed by atoms with Gasteiger partial charge in [0.15, 0.2) is 0 Å². The van der Waals surface area contributed by atoms with Crippen LogP contribution in [0, 0.1) is 11.3 Å². The summed E-state index contributed by atoms with van der Waals surface area (Å²) < 4.78 is 2.08. The molecule has 0 amide bonds. The van der Waals surface area contributed by atoms with Crippen LogP contribution in [0.3, 0.4) is 0 Å². The van der Waals surface area contributed by atoms with Crippen molar-refractivity contribution in [2.75, 3.05) is 0 Å². The highest BCUT2D eigenvalue weighted by Gasteiger charge is 2.12. The second-order valence-corrected chi connectivity index (χ2v) is 3.69. The normalized spacial score (nSPS) is 10.8. The van der Waals surface area contributed by atoms with Gasteiger partial charge in [0, 0.05) is 12.2 Å². The molecular weight excluding hydrogens is 188 g/mol. The number of nitrogens with zero attached hydrogens (tertiary/aromatic N) is 4. The molecule has 0 fully saturated rings. The molecule has 76 valence electrons. The van der Waals surface area contributed by atoms with Gasteiger partial charge in [0.05, 0.1) is 24.2 Å². The number of imidazole rings is 1. The van der Waals surface area contributed by atoms with Crippen LogP contribution >= 0.6 is 0 Å². The van der Waals surface area contributed by atoms with Crippen molar-refractivity contribution in [2.45, 2.75) is 26.3 Å². The maximum atomic E-state index is 8.73. The Labute approximate surface area is 88.2 Å². The summed E-state index contributed by atoms with van der Waals surface area (Å²) in [4.78, 5) is 8.43. The number of nitriles is 1. The largest absolute Gasteiger partial charge is 0.324 e. The highest BCUT2D eigenvalue weighted by molar-refractivity contribution is 5.74. The lowest BCUT2D eigenvalue weighted by molar-refractivity contribution is 0.594. The minimum Gasteiger partial charge on any atom is -0.324 e. The molecule has 0 unspecified atom stereocenters. The van der Waals surface area contributed by atoms with Crippen molar-refractivity contribution in [1.82, 2.24) is 14.5 Å². The fourth-order valence-electron chi connectivity index (χ4n) is 1.77. The molecule has 0 aliphatic heterocycles. The summed E-state index contributed by atoms with van der Waals surface area (Å²) in [7, 11) is 0. The molecule has 2 heterocycles.